The van der Waals surface area contributed by atoms with E-state index in [1.165, 1.54) is 11.1 Å². The number of hydrogen-bond donors (Lipinski definition) is 1. The minimum Gasteiger partial charge on any atom is -0.389 e. The lowest BCUT2D eigenvalue weighted by Gasteiger charge is -2.48. The molecule has 1 aromatic rings. The van der Waals surface area contributed by atoms with Gasteiger partial charge in [-0.15, -0.1) is 0 Å². The topological polar surface area (TPSA) is 37.3 Å². The zero-order valence-electron chi connectivity index (χ0n) is 12.4. The van der Waals surface area contributed by atoms with Gasteiger partial charge in [-0.3, -0.25) is 0 Å². The van der Waals surface area contributed by atoms with Crippen molar-refractivity contribution in [2.24, 2.45) is 11.3 Å². The van der Waals surface area contributed by atoms with Gasteiger partial charge in [-0.2, -0.15) is 0 Å². The molecular formula is C18H24O2. The highest BCUT2D eigenvalue weighted by Gasteiger charge is 2.58. The van der Waals surface area contributed by atoms with E-state index >= 15 is 0 Å². The molecule has 4 atom stereocenters. The van der Waals surface area contributed by atoms with Crippen molar-refractivity contribution in [2.45, 2.75) is 57.5 Å². The van der Waals surface area contributed by atoms with Crippen LogP contribution in [0.4, 0.5) is 0 Å². The molecule has 2 heteroatoms. The third-order valence-electron chi connectivity index (χ3n) is 6.02. The summed E-state index contributed by atoms with van der Waals surface area (Å²) in [4.78, 5) is 11.3. The Hall–Kier alpha value is -1.15. The van der Waals surface area contributed by atoms with Crippen LogP contribution in [0.1, 0.15) is 56.1 Å². The van der Waals surface area contributed by atoms with Gasteiger partial charge >= 0.3 is 0 Å². The first-order chi connectivity index (χ1) is 9.48. The molecule has 0 saturated heterocycles. The van der Waals surface area contributed by atoms with Crippen LogP contribution < -0.4 is 0 Å². The molecule has 2 aliphatic carbocycles. The SMILES string of the molecule is Cc1cccc([C@H]2CC[C@]3(C)[C@@H](C=O)CC[C@]3(O)C2)c1. The summed E-state index contributed by atoms with van der Waals surface area (Å²) in [6, 6.07) is 8.63. The second-order valence-electron chi connectivity index (χ2n) is 7.08. The van der Waals surface area contributed by atoms with E-state index in [9.17, 15) is 9.90 Å². The van der Waals surface area contributed by atoms with Crippen molar-refractivity contribution in [3.05, 3.63) is 35.4 Å². The molecule has 2 nitrogen and oxygen atoms in total. The minimum atomic E-state index is -0.661. The summed E-state index contributed by atoms with van der Waals surface area (Å²) in [6.07, 6.45) is 5.52. The van der Waals surface area contributed by atoms with Crippen molar-refractivity contribution < 1.29 is 9.90 Å². The van der Waals surface area contributed by atoms with E-state index in [-0.39, 0.29) is 11.3 Å². The molecule has 3 rings (SSSR count). The number of rotatable bonds is 2. The molecular weight excluding hydrogens is 248 g/mol. The summed E-state index contributed by atoms with van der Waals surface area (Å²) < 4.78 is 0. The Morgan fingerprint density at radius 3 is 2.80 bits per heavy atom. The third-order valence-corrected chi connectivity index (χ3v) is 6.02. The molecule has 108 valence electrons. The highest BCUT2D eigenvalue weighted by Crippen LogP contribution is 2.60. The van der Waals surface area contributed by atoms with Gasteiger partial charge in [0.15, 0.2) is 0 Å². The van der Waals surface area contributed by atoms with E-state index < -0.39 is 5.60 Å². The summed E-state index contributed by atoms with van der Waals surface area (Å²) in [5, 5.41) is 11.1. The fourth-order valence-electron chi connectivity index (χ4n) is 4.51. The molecule has 0 aromatic heterocycles. The van der Waals surface area contributed by atoms with Crippen LogP contribution >= 0.6 is 0 Å². The van der Waals surface area contributed by atoms with E-state index in [4.69, 9.17) is 0 Å². The number of carbonyl (C=O) groups excluding carboxylic acids is 1. The molecule has 1 aromatic carbocycles. The quantitative estimate of drug-likeness (QED) is 0.835. The molecule has 2 saturated carbocycles. The van der Waals surface area contributed by atoms with Crippen LogP contribution in [0.15, 0.2) is 24.3 Å². The summed E-state index contributed by atoms with van der Waals surface area (Å²) >= 11 is 0. The van der Waals surface area contributed by atoms with Crippen LogP contribution in [-0.2, 0) is 4.79 Å². The van der Waals surface area contributed by atoms with Gasteiger partial charge in [0.1, 0.15) is 6.29 Å². The summed E-state index contributed by atoms with van der Waals surface area (Å²) in [5.41, 5.74) is 1.75. The molecule has 0 radical (unpaired) electrons. The lowest BCUT2D eigenvalue weighted by Crippen LogP contribution is -2.49. The molecule has 2 fully saturated rings. The van der Waals surface area contributed by atoms with E-state index in [1.54, 1.807) is 0 Å². The Morgan fingerprint density at radius 2 is 2.10 bits per heavy atom. The van der Waals surface area contributed by atoms with Crippen LogP contribution in [0.5, 0.6) is 0 Å². The summed E-state index contributed by atoms with van der Waals surface area (Å²) in [6.45, 7) is 4.23. The van der Waals surface area contributed by atoms with E-state index in [0.717, 1.165) is 38.4 Å². The monoisotopic (exact) mass is 272 g/mol. The van der Waals surface area contributed by atoms with E-state index in [0.29, 0.717) is 5.92 Å². The highest BCUT2D eigenvalue weighted by atomic mass is 16.3. The molecule has 1 N–H and O–H groups in total. The van der Waals surface area contributed by atoms with Gasteiger partial charge in [-0.1, -0.05) is 36.8 Å². The summed E-state index contributed by atoms with van der Waals surface area (Å²) in [5.74, 6) is 0.462. The zero-order valence-corrected chi connectivity index (χ0v) is 12.4. The van der Waals surface area contributed by atoms with Crippen LogP contribution in [-0.4, -0.2) is 17.0 Å². The molecule has 0 aliphatic heterocycles. The number of fused-ring (bicyclic) bond motifs is 1. The standard InChI is InChI=1S/C18H24O2/c1-13-4-3-5-14(10-13)15-6-8-17(2)16(12-19)7-9-18(17,20)11-15/h3-5,10,12,15-16,20H,6-9,11H2,1-2H3/t15-,16+,17+,18-/m0/s1. The van der Waals surface area contributed by atoms with Gasteiger partial charge in [0, 0.05) is 11.3 Å². The van der Waals surface area contributed by atoms with Crippen LogP contribution in [0.2, 0.25) is 0 Å². The minimum absolute atomic E-state index is 0.0333. The fourth-order valence-corrected chi connectivity index (χ4v) is 4.51. The number of aryl methyl sites for hydroxylation is 1. The van der Waals surface area contributed by atoms with Crippen molar-refractivity contribution in [1.29, 1.82) is 0 Å². The molecule has 20 heavy (non-hydrogen) atoms. The number of aldehydes is 1. The van der Waals surface area contributed by atoms with Crippen molar-refractivity contribution in [3.8, 4) is 0 Å². The normalized spacial score (nSPS) is 40.4. The van der Waals surface area contributed by atoms with Crippen molar-refractivity contribution in [3.63, 3.8) is 0 Å². The molecule has 2 aliphatic rings. The van der Waals surface area contributed by atoms with Gasteiger partial charge in [0.2, 0.25) is 0 Å². The first kappa shape index (κ1) is 13.8. The van der Waals surface area contributed by atoms with Crippen LogP contribution in [0.3, 0.4) is 0 Å². The molecule has 0 amide bonds. The third kappa shape index (κ3) is 1.93. The molecule has 0 unspecified atom stereocenters. The van der Waals surface area contributed by atoms with E-state index in [2.05, 4.69) is 38.1 Å². The van der Waals surface area contributed by atoms with Crippen LogP contribution in [0.25, 0.3) is 0 Å². The van der Waals surface area contributed by atoms with Gasteiger partial charge in [0.25, 0.3) is 0 Å². The van der Waals surface area contributed by atoms with Gasteiger partial charge in [-0.05, 0) is 50.5 Å². The Balaban J connectivity index is 1.87. The predicted molar refractivity (Wildman–Crippen MR) is 79.6 cm³/mol. The Labute approximate surface area is 121 Å². The van der Waals surface area contributed by atoms with E-state index in [1.807, 2.05) is 0 Å². The van der Waals surface area contributed by atoms with Crippen LogP contribution in [0, 0.1) is 18.3 Å². The summed E-state index contributed by atoms with van der Waals surface area (Å²) in [7, 11) is 0. The number of hydrogen-bond acceptors (Lipinski definition) is 2. The lowest BCUT2D eigenvalue weighted by molar-refractivity contribution is -0.128. The zero-order chi connectivity index (χ0) is 14.4. The van der Waals surface area contributed by atoms with Gasteiger partial charge < -0.3 is 9.90 Å². The number of carbonyl (C=O) groups is 1. The maximum Gasteiger partial charge on any atom is 0.123 e. The first-order valence-electron chi connectivity index (χ1n) is 7.73. The maximum atomic E-state index is 11.3. The Morgan fingerprint density at radius 1 is 1.30 bits per heavy atom. The molecule has 0 heterocycles. The highest BCUT2D eigenvalue weighted by molar-refractivity contribution is 5.57. The van der Waals surface area contributed by atoms with Gasteiger partial charge in [0.05, 0.1) is 5.60 Å². The Kier molecular flexibility index (Phi) is 3.24. The average molecular weight is 272 g/mol. The second kappa shape index (κ2) is 4.70. The second-order valence-corrected chi connectivity index (χ2v) is 7.08. The Bertz CT molecular complexity index is 524. The number of benzene rings is 1. The van der Waals surface area contributed by atoms with Crippen molar-refractivity contribution >= 4 is 6.29 Å². The smallest absolute Gasteiger partial charge is 0.123 e. The van der Waals surface area contributed by atoms with Gasteiger partial charge in [-0.25, -0.2) is 0 Å². The first-order valence-corrected chi connectivity index (χ1v) is 7.73. The average Bonchev–Trinajstić information content (AvgIpc) is 2.69. The largest absolute Gasteiger partial charge is 0.389 e. The van der Waals surface area contributed by atoms with Crippen molar-refractivity contribution in [2.75, 3.05) is 0 Å². The van der Waals surface area contributed by atoms with Crippen molar-refractivity contribution in [1.82, 2.24) is 0 Å². The maximum absolute atomic E-state index is 11.3. The molecule has 0 spiro atoms. The predicted octanol–water partition coefficient (Wildman–Crippen LogP) is 3.61. The fraction of sp³-hybridized carbons (Fsp3) is 0.611. The number of aliphatic hydroxyl groups is 1. The molecule has 0 bridgehead atoms. The lowest BCUT2D eigenvalue weighted by atomic mass is 9.59.